The first-order chi connectivity index (χ1) is 7.59. The maximum Gasteiger partial charge on any atom is 0.331 e. The van der Waals surface area contributed by atoms with E-state index < -0.39 is 17.8 Å². The van der Waals surface area contributed by atoms with E-state index >= 15 is 0 Å². The SMILES string of the molecule is CN1C(=O)NC(=O)/C(=C/c2ccoc2)C1=O. The Morgan fingerprint density at radius 1 is 1.38 bits per heavy atom. The number of imide groups is 2. The van der Waals surface area contributed by atoms with E-state index in [1.807, 2.05) is 0 Å². The molecule has 1 N–H and O–H groups in total. The van der Waals surface area contributed by atoms with Gasteiger partial charge in [-0.2, -0.15) is 0 Å². The molecule has 1 aliphatic heterocycles. The van der Waals surface area contributed by atoms with Crippen LogP contribution in [0, 0.1) is 0 Å². The number of amides is 4. The van der Waals surface area contributed by atoms with Crippen LogP contribution in [0.1, 0.15) is 5.56 Å². The van der Waals surface area contributed by atoms with Crippen molar-refractivity contribution in [2.45, 2.75) is 0 Å². The molecule has 0 atom stereocenters. The predicted octanol–water partition coefficient (Wildman–Crippen LogP) is 0.371. The minimum absolute atomic E-state index is 0.0940. The maximum absolute atomic E-state index is 11.6. The van der Waals surface area contributed by atoms with Crippen molar-refractivity contribution in [1.82, 2.24) is 10.2 Å². The lowest BCUT2D eigenvalue weighted by atomic mass is 10.1. The highest BCUT2D eigenvalue weighted by Crippen LogP contribution is 2.13. The van der Waals surface area contributed by atoms with Gasteiger partial charge in [0, 0.05) is 12.6 Å². The molecule has 1 aliphatic rings. The van der Waals surface area contributed by atoms with Crippen molar-refractivity contribution in [3.63, 3.8) is 0 Å². The lowest BCUT2D eigenvalue weighted by Gasteiger charge is -2.22. The number of hydrogen-bond donors (Lipinski definition) is 1. The van der Waals surface area contributed by atoms with Gasteiger partial charge in [-0.25, -0.2) is 4.79 Å². The number of nitrogens with zero attached hydrogens (tertiary/aromatic N) is 1. The van der Waals surface area contributed by atoms with Gasteiger partial charge in [-0.3, -0.25) is 19.8 Å². The summed E-state index contributed by atoms with van der Waals surface area (Å²) < 4.78 is 4.81. The minimum atomic E-state index is -0.723. The van der Waals surface area contributed by atoms with Gasteiger partial charge >= 0.3 is 6.03 Å². The highest BCUT2D eigenvalue weighted by Gasteiger charge is 2.32. The smallest absolute Gasteiger partial charge is 0.331 e. The average Bonchev–Trinajstić information content (AvgIpc) is 2.74. The van der Waals surface area contributed by atoms with E-state index in [1.54, 1.807) is 6.07 Å². The molecule has 16 heavy (non-hydrogen) atoms. The molecule has 0 bridgehead atoms. The van der Waals surface area contributed by atoms with E-state index in [9.17, 15) is 14.4 Å². The molecule has 1 fully saturated rings. The third-order valence-corrected chi connectivity index (χ3v) is 2.16. The molecular formula is C10H8N2O4. The van der Waals surface area contributed by atoms with E-state index in [4.69, 9.17) is 4.42 Å². The van der Waals surface area contributed by atoms with Crippen molar-refractivity contribution in [3.8, 4) is 0 Å². The van der Waals surface area contributed by atoms with Crippen LogP contribution in [0.5, 0.6) is 0 Å². The maximum atomic E-state index is 11.6. The standard InChI is InChI=1S/C10H8N2O4/c1-12-9(14)7(8(13)11-10(12)15)4-6-2-3-16-5-6/h2-5H,1H3,(H,11,13,15)/b7-4-. The van der Waals surface area contributed by atoms with Crippen LogP contribution in [0.3, 0.4) is 0 Å². The van der Waals surface area contributed by atoms with E-state index in [-0.39, 0.29) is 5.57 Å². The second-order valence-corrected chi connectivity index (χ2v) is 3.24. The number of hydrogen-bond acceptors (Lipinski definition) is 4. The molecule has 0 aliphatic carbocycles. The predicted molar refractivity (Wildman–Crippen MR) is 53.0 cm³/mol. The van der Waals surface area contributed by atoms with Gasteiger partial charge in [0.1, 0.15) is 5.57 Å². The van der Waals surface area contributed by atoms with Crippen LogP contribution in [0.15, 0.2) is 28.6 Å². The summed E-state index contributed by atoms with van der Waals surface area (Å²) in [5, 5.41) is 2.05. The van der Waals surface area contributed by atoms with Crippen molar-refractivity contribution in [2.75, 3.05) is 7.05 Å². The number of likely N-dealkylation sites (N-methyl/N-ethyl adjacent to an activating group) is 1. The Balaban J connectivity index is 2.37. The second-order valence-electron chi connectivity index (χ2n) is 3.24. The quantitative estimate of drug-likeness (QED) is 0.547. The molecule has 6 heteroatoms. The van der Waals surface area contributed by atoms with Gasteiger partial charge in [-0.05, 0) is 12.1 Å². The highest BCUT2D eigenvalue weighted by atomic mass is 16.3. The summed E-state index contributed by atoms with van der Waals surface area (Å²) in [5.74, 6) is -1.33. The molecule has 0 unspecified atom stereocenters. The van der Waals surface area contributed by atoms with Crippen molar-refractivity contribution in [1.29, 1.82) is 0 Å². The van der Waals surface area contributed by atoms with Gasteiger partial charge in [0.2, 0.25) is 0 Å². The van der Waals surface area contributed by atoms with E-state index in [2.05, 4.69) is 5.32 Å². The lowest BCUT2D eigenvalue weighted by molar-refractivity contribution is -0.129. The normalized spacial score (nSPS) is 19.2. The summed E-state index contributed by atoms with van der Waals surface area (Å²) in [6.07, 6.45) is 4.18. The molecule has 4 amide bonds. The fourth-order valence-corrected chi connectivity index (χ4v) is 1.27. The van der Waals surface area contributed by atoms with Crippen LogP contribution in [0.2, 0.25) is 0 Å². The fourth-order valence-electron chi connectivity index (χ4n) is 1.27. The molecule has 2 heterocycles. The van der Waals surface area contributed by atoms with E-state index in [0.717, 1.165) is 4.90 Å². The summed E-state index contributed by atoms with van der Waals surface area (Å²) in [5.41, 5.74) is 0.491. The fraction of sp³-hybridized carbons (Fsp3) is 0.100. The Morgan fingerprint density at radius 2 is 2.12 bits per heavy atom. The van der Waals surface area contributed by atoms with Gasteiger partial charge in [0.05, 0.1) is 12.5 Å². The number of rotatable bonds is 1. The highest BCUT2D eigenvalue weighted by molar-refractivity contribution is 6.30. The summed E-state index contributed by atoms with van der Waals surface area (Å²) in [7, 11) is 1.30. The van der Waals surface area contributed by atoms with Gasteiger partial charge in [-0.15, -0.1) is 0 Å². The van der Waals surface area contributed by atoms with Crippen LogP contribution >= 0.6 is 0 Å². The topological polar surface area (TPSA) is 79.6 Å². The Morgan fingerprint density at radius 3 is 2.75 bits per heavy atom. The summed E-state index contributed by atoms with van der Waals surface area (Å²) >= 11 is 0. The Labute approximate surface area is 90.5 Å². The number of barbiturate groups is 1. The van der Waals surface area contributed by atoms with Crippen LogP contribution in [-0.4, -0.2) is 29.8 Å². The van der Waals surface area contributed by atoms with Crippen LogP contribution in [-0.2, 0) is 9.59 Å². The van der Waals surface area contributed by atoms with Crippen molar-refractivity contribution < 1.29 is 18.8 Å². The first-order valence-corrected chi connectivity index (χ1v) is 4.47. The summed E-state index contributed by atoms with van der Waals surface area (Å²) in [4.78, 5) is 35.0. The Hall–Kier alpha value is -2.37. The average molecular weight is 220 g/mol. The molecule has 0 spiro atoms. The van der Waals surface area contributed by atoms with Gasteiger partial charge in [0.25, 0.3) is 11.8 Å². The first kappa shape index (κ1) is 10.2. The van der Waals surface area contributed by atoms with Crippen LogP contribution in [0.4, 0.5) is 4.79 Å². The lowest BCUT2D eigenvalue weighted by Crippen LogP contribution is -2.52. The molecule has 0 aromatic carbocycles. The molecule has 82 valence electrons. The number of furan rings is 1. The Bertz CT molecular complexity index is 487. The first-order valence-electron chi connectivity index (χ1n) is 4.47. The van der Waals surface area contributed by atoms with Crippen molar-refractivity contribution >= 4 is 23.9 Å². The number of nitrogens with one attached hydrogen (secondary N) is 1. The minimum Gasteiger partial charge on any atom is -0.472 e. The molecule has 0 radical (unpaired) electrons. The largest absolute Gasteiger partial charge is 0.472 e. The molecular weight excluding hydrogens is 212 g/mol. The Kier molecular flexibility index (Phi) is 2.32. The van der Waals surface area contributed by atoms with Gasteiger partial charge in [0.15, 0.2) is 0 Å². The van der Waals surface area contributed by atoms with Crippen LogP contribution in [0.25, 0.3) is 6.08 Å². The second kappa shape index (κ2) is 3.65. The van der Waals surface area contributed by atoms with Crippen molar-refractivity contribution in [2.24, 2.45) is 0 Å². The monoisotopic (exact) mass is 220 g/mol. The zero-order chi connectivity index (χ0) is 11.7. The van der Waals surface area contributed by atoms with Gasteiger partial charge in [-0.1, -0.05) is 0 Å². The van der Waals surface area contributed by atoms with Crippen molar-refractivity contribution in [3.05, 3.63) is 29.7 Å². The third kappa shape index (κ3) is 1.60. The molecule has 1 saturated heterocycles. The van der Waals surface area contributed by atoms with Crippen LogP contribution < -0.4 is 5.32 Å². The number of carbonyl (C=O) groups is 3. The number of carbonyl (C=O) groups excluding carboxylic acids is 3. The van der Waals surface area contributed by atoms with E-state index in [0.29, 0.717) is 5.56 Å². The summed E-state index contributed by atoms with van der Waals surface area (Å²) in [6.45, 7) is 0. The summed E-state index contributed by atoms with van der Waals surface area (Å²) in [6, 6.07) is 0.878. The van der Waals surface area contributed by atoms with E-state index in [1.165, 1.54) is 25.7 Å². The molecule has 1 aromatic rings. The molecule has 6 nitrogen and oxygen atoms in total. The molecule has 2 rings (SSSR count). The third-order valence-electron chi connectivity index (χ3n) is 2.16. The van der Waals surface area contributed by atoms with Gasteiger partial charge < -0.3 is 4.42 Å². The number of urea groups is 1. The zero-order valence-corrected chi connectivity index (χ0v) is 8.39. The molecule has 1 aromatic heterocycles. The zero-order valence-electron chi connectivity index (χ0n) is 8.39. The molecule has 0 saturated carbocycles.